The maximum Gasteiger partial charge on any atom is 0.158 e. The van der Waals surface area contributed by atoms with Crippen LogP contribution in [0.25, 0.3) is 5.65 Å². The summed E-state index contributed by atoms with van der Waals surface area (Å²) in [5.41, 5.74) is 3.17. The Labute approximate surface area is 78.6 Å². The summed E-state index contributed by atoms with van der Waals surface area (Å²) in [6.45, 7) is 2.00. The third-order valence-corrected chi connectivity index (χ3v) is 2.31. The molecule has 2 heterocycles. The average Bonchev–Trinajstić information content (AvgIpc) is 2.46. The van der Waals surface area contributed by atoms with Gasteiger partial charge in [-0.25, -0.2) is 9.50 Å². The van der Waals surface area contributed by atoms with E-state index in [4.69, 9.17) is 0 Å². The number of halogens is 1. The first kappa shape index (κ1) is 7.73. The molecule has 0 aliphatic carbocycles. The van der Waals surface area contributed by atoms with Crippen molar-refractivity contribution < 1.29 is 0 Å². The molecule has 3 nitrogen and oxygen atoms in total. The first-order valence-corrected chi connectivity index (χ1v) is 4.78. The van der Waals surface area contributed by atoms with E-state index in [-0.39, 0.29) is 0 Å². The summed E-state index contributed by atoms with van der Waals surface area (Å²) in [5, 5.41) is 4.97. The minimum atomic E-state index is 0.798. The van der Waals surface area contributed by atoms with Crippen LogP contribution in [0.3, 0.4) is 0 Å². The lowest BCUT2D eigenvalue weighted by atomic mass is 10.3. The van der Waals surface area contributed by atoms with Gasteiger partial charge >= 0.3 is 0 Å². The predicted molar refractivity (Wildman–Crippen MR) is 50.4 cm³/mol. The molecule has 0 aliphatic heterocycles. The SMILES string of the molecule is Cc1cnc2c(CBr)cnn2c1. The zero-order valence-electron chi connectivity index (χ0n) is 6.66. The van der Waals surface area contributed by atoms with Crippen LogP contribution in [0.4, 0.5) is 0 Å². The summed E-state index contributed by atoms with van der Waals surface area (Å²) in [6, 6.07) is 0. The molecular formula is C8H8BrN3. The average molecular weight is 226 g/mol. The van der Waals surface area contributed by atoms with Crippen molar-refractivity contribution in [3.8, 4) is 0 Å². The smallest absolute Gasteiger partial charge is 0.158 e. The van der Waals surface area contributed by atoms with Crippen LogP contribution in [0.15, 0.2) is 18.6 Å². The fourth-order valence-corrected chi connectivity index (χ4v) is 1.51. The Hall–Kier alpha value is -0.900. The second kappa shape index (κ2) is 2.86. The van der Waals surface area contributed by atoms with Gasteiger partial charge in [-0.05, 0) is 12.5 Å². The van der Waals surface area contributed by atoms with Gasteiger partial charge in [0.15, 0.2) is 5.65 Å². The molecule has 0 spiro atoms. The summed E-state index contributed by atoms with van der Waals surface area (Å²) in [6.07, 6.45) is 5.65. The van der Waals surface area contributed by atoms with Crippen LogP contribution in [-0.4, -0.2) is 14.6 Å². The molecule has 0 saturated carbocycles. The number of nitrogens with zero attached hydrogens (tertiary/aromatic N) is 3. The normalized spacial score (nSPS) is 10.8. The van der Waals surface area contributed by atoms with Gasteiger partial charge in [-0.3, -0.25) is 0 Å². The third kappa shape index (κ3) is 1.12. The monoisotopic (exact) mass is 225 g/mol. The number of hydrogen-bond acceptors (Lipinski definition) is 2. The molecule has 62 valence electrons. The van der Waals surface area contributed by atoms with Gasteiger partial charge in [0.2, 0.25) is 0 Å². The van der Waals surface area contributed by atoms with Crippen molar-refractivity contribution in [2.45, 2.75) is 12.3 Å². The van der Waals surface area contributed by atoms with E-state index in [0.717, 1.165) is 22.1 Å². The van der Waals surface area contributed by atoms with Gasteiger partial charge in [0.25, 0.3) is 0 Å². The molecule has 2 aromatic rings. The van der Waals surface area contributed by atoms with Crippen LogP contribution in [-0.2, 0) is 5.33 Å². The Kier molecular flexibility index (Phi) is 1.84. The Morgan fingerprint density at radius 2 is 2.33 bits per heavy atom. The van der Waals surface area contributed by atoms with Crippen LogP contribution in [0.1, 0.15) is 11.1 Å². The molecule has 12 heavy (non-hydrogen) atoms. The van der Waals surface area contributed by atoms with Crippen molar-refractivity contribution in [2.75, 3.05) is 0 Å². The first-order valence-electron chi connectivity index (χ1n) is 3.66. The first-order chi connectivity index (χ1) is 5.81. The maximum atomic E-state index is 4.28. The van der Waals surface area contributed by atoms with Gasteiger partial charge in [0, 0.05) is 23.3 Å². The van der Waals surface area contributed by atoms with Gasteiger partial charge in [0.05, 0.1) is 6.20 Å². The van der Waals surface area contributed by atoms with Gasteiger partial charge in [0.1, 0.15) is 0 Å². The molecule has 2 aromatic heterocycles. The highest BCUT2D eigenvalue weighted by molar-refractivity contribution is 9.08. The highest BCUT2D eigenvalue weighted by atomic mass is 79.9. The molecule has 0 N–H and O–H groups in total. The van der Waals surface area contributed by atoms with Crippen LogP contribution >= 0.6 is 15.9 Å². The zero-order valence-corrected chi connectivity index (χ0v) is 8.24. The van der Waals surface area contributed by atoms with Crippen LogP contribution in [0.2, 0.25) is 0 Å². The summed E-state index contributed by atoms with van der Waals surface area (Å²) in [5.74, 6) is 0. The van der Waals surface area contributed by atoms with E-state index in [2.05, 4.69) is 26.0 Å². The van der Waals surface area contributed by atoms with Crippen molar-refractivity contribution in [3.05, 3.63) is 29.7 Å². The number of aryl methyl sites for hydroxylation is 1. The number of hydrogen-bond donors (Lipinski definition) is 0. The third-order valence-electron chi connectivity index (χ3n) is 1.70. The van der Waals surface area contributed by atoms with Gasteiger partial charge < -0.3 is 0 Å². The van der Waals surface area contributed by atoms with Gasteiger partial charge in [-0.1, -0.05) is 15.9 Å². The molecule has 0 saturated heterocycles. The summed E-state index contributed by atoms with van der Waals surface area (Å²) in [7, 11) is 0. The summed E-state index contributed by atoms with van der Waals surface area (Å²) < 4.78 is 1.80. The highest BCUT2D eigenvalue weighted by Gasteiger charge is 2.02. The molecule has 0 unspecified atom stereocenters. The number of alkyl halides is 1. The quantitative estimate of drug-likeness (QED) is 0.695. The molecular weight excluding hydrogens is 218 g/mol. The molecule has 0 fully saturated rings. The van der Waals surface area contributed by atoms with Crippen molar-refractivity contribution >= 4 is 21.6 Å². The fourth-order valence-electron chi connectivity index (χ4n) is 1.11. The van der Waals surface area contributed by atoms with Gasteiger partial charge in [-0.15, -0.1) is 0 Å². The van der Waals surface area contributed by atoms with Crippen LogP contribution < -0.4 is 0 Å². The molecule has 4 heteroatoms. The Morgan fingerprint density at radius 1 is 1.50 bits per heavy atom. The van der Waals surface area contributed by atoms with E-state index < -0.39 is 0 Å². The second-order valence-corrected chi connectivity index (χ2v) is 3.26. The number of aromatic nitrogens is 3. The fraction of sp³-hybridized carbons (Fsp3) is 0.250. The van der Waals surface area contributed by atoms with E-state index >= 15 is 0 Å². The van der Waals surface area contributed by atoms with E-state index in [1.54, 1.807) is 4.52 Å². The van der Waals surface area contributed by atoms with Crippen molar-refractivity contribution in [3.63, 3.8) is 0 Å². The minimum Gasteiger partial charge on any atom is -0.236 e. The van der Waals surface area contributed by atoms with Crippen molar-refractivity contribution in [1.29, 1.82) is 0 Å². The van der Waals surface area contributed by atoms with Crippen LogP contribution in [0.5, 0.6) is 0 Å². The largest absolute Gasteiger partial charge is 0.236 e. The molecule has 2 rings (SSSR count). The van der Waals surface area contributed by atoms with E-state index in [9.17, 15) is 0 Å². The highest BCUT2D eigenvalue weighted by Crippen LogP contribution is 2.11. The number of fused-ring (bicyclic) bond motifs is 1. The molecule has 0 aliphatic rings. The Balaban J connectivity index is 2.73. The second-order valence-electron chi connectivity index (χ2n) is 2.70. The van der Waals surface area contributed by atoms with E-state index in [1.165, 1.54) is 0 Å². The summed E-state index contributed by atoms with van der Waals surface area (Å²) in [4.78, 5) is 4.28. The maximum absolute atomic E-state index is 4.28. The lowest BCUT2D eigenvalue weighted by Crippen LogP contribution is -1.91. The number of rotatable bonds is 1. The topological polar surface area (TPSA) is 30.2 Å². The Morgan fingerprint density at radius 3 is 3.08 bits per heavy atom. The van der Waals surface area contributed by atoms with E-state index in [1.807, 2.05) is 25.5 Å². The van der Waals surface area contributed by atoms with E-state index in [0.29, 0.717) is 0 Å². The molecule has 0 bridgehead atoms. The predicted octanol–water partition coefficient (Wildman–Crippen LogP) is 1.93. The van der Waals surface area contributed by atoms with Crippen LogP contribution in [0, 0.1) is 6.92 Å². The van der Waals surface area contributed by atoms with Gasteiger partial charge in [-0.2, -0.15) is 5.10 Å². The lowest BCUT2D eigenvalue weighted by Gasteiger charge is -1.94. The standard InChI is InChI=1S/C8H8BrN3/c1-6-3-10-8-7(2-9)4-11-12(8)5-6/h3-5H,2H2,1H3. The van der Waals surface area contributed by atoms with Crippen molar-refractivity contribution in [2.24, 2.45) is 0 Å². The Bertz CT molecular complexity index is 408. The summed E-state index contributed by atoms with van der Waals surface area (Å²) >= 11 is 3.38. The lowest BCUT2D eigenvalue weighted by molar-refractivity contribution is 0.928. The molecule has 0 atom stereocenters. The minimum absolute atomic E-state index is 0.798. The molecule has 0 aromatic carbocycles. The molecule has 0 radical (unpaired) electrons. The zero-order chi connectivity index (χ0) is 8.55. The molecule has 0 amide bonds. The van der Waals surface area contributed by atoms with Crippen molar-refractivity contribution in [1.82, 2.24) is 14.6 Å².